The van der Waals surface area contributed by atoms with Crippen molar-refractivity contribution in [3.63, 3.8) is 0 Å². The second-order valence-electron chi connectivity index (χ2n) is 3.29. The maximum absolute atomic E-state index is 11.8. The molecule has 15 heavy (non-hydrogen) atoms. The number of hydrogen-bond donors (Lipinski definition) is 1. The number of carbonyl (C=O) groups is 2. The van der Waals surface area contributed by atoms with Gasteiger partial charge in [0.2, 0.25) is 5.91 Å². The highest BCUT2D eigenvalue weighted by Crippen LogP contribution is 2.27. The minimum atomic E-state index is -1.03. The lowest BCUT2D eigenvalue weighted by Crippen LogP contribution is -2.40. The molecule has 1 rings (SSSR count). The summed E-state index contributed by atoms with van der Waals surface area (Å²) in [5.41, 5.74) is 0. The topological polar surface area (TPSA) is 57.6 Å². The zero-order chi connectivity index (χ0) is 11.3. The molecule has 1 atom stereocenters. The molecule has 4 nitrogen and oxygen atoms in total. The zero-order valence-electron chi connectivity index (χ0n) is 8.31. The molecule has 1 aliphatic heterocycles. The van der Waals surface area contributed by atoms with Crippen molar-refractivity contribution in [1.29, 1.82) is 0 Å². The van der Waals surface area contributed by atoms with Crippen molar-refractivity contribution < 1.29 is 14.7 Å². The van der Waals surface area contributed by atoms with Gasteiger partial charge in [0, 0.05) is 0 Å². The van der Waals surface area contributed by atoms with Crippen LogP contribution in [0.25, 0.3) is 0 Å². The first-order valence-corrected chi connectivity index (χ1v) is 5.75. The molecule has 1 saturated heterocycles. The Balaban J connectivity index is 2.57. The molecule has 0 bridgehead atoms. The molecule has 0 saturated carbocycles. The summed E-state index contributed by atoms with van der Waals surface area (Å²) in [6.45, 7) is -0.234. The van der Waals surface area contributed by atoms with Gasteiger partial charge >= 0.3 is 5.97 Å². The van der Waals surface area contributed by atoms with Gasteiger partial charge in [-0.25, -0.2) is 0 Å². The van der Waals surface area contributed by atoms with Crippen molar-refractivity contribution in [2.45, 2.75) is 18.1 Å². The molecule has 0 aromatic rings. The monoisotopic (exact) mass is 227 g/mol. The van der Waals surface area contributed by atoms with E-state index in [4.69, 9.17) is 11.5 Å². The number of rotatable bonds is 4. The SMILES string of the molecule is C#CCN(CC(=O)O)C(=O)C1CCCS1. The molecular formula is C10H13NO3S. The number of aliphatic carboxylic acids is 1. The molecule has 1 heterocycles. The number of carbonyl (C=O) groups excluding carboxylic acids is 1. The Labute approximate surface area is 93.0 Å². The van der Waals surface area contributed by atoms with Gasteiger partial charge in [0.25, 0.3) is 0 Å². The van der Waals surface area contributed by atoms with Crippen LogP contribution in [0, 0.1) is 12.3 Å². The molecule has 0 spiro atoms. The van der Waals surface area contributed by atoms with Crippen LogP contribution in [0.15, 0.2) is 0 Å². The molecule has 0 radical (unpaired) electrons. The molecule has 1 unspecified atom stereocenters. The van der Waals surface area contributed by atoms with E-state index in [0.29, 0.717) is 0 Å². The third-order valence-corrected chi connectivity index (χ3v) is 3.49. The van der Waals surface area contributed by atoms with Crippen LogP contribution in [0.3, 0.4) is 0 Å². The first-order valence-electron chi connectivity index (χ1n) is 4.71. The number of amides is 1. The standard InChI is InChI=1S/C10H13NO3S/c1-2-5-11(7-9(12)13)10(14)8-4-3-6-15-8/h1,8H,3-7H2,(H,12,13). The molecule has 5 heteroatoms. The molecular weight excluding hydrogens is 214 g/mol. The summed E-state index contributed by atoms with van der Waals surface area (Å²) in [7, 11) is 0. The first-order chi connectivity index (χ1) is 7.15. The summed E-state index contributed by atoms with van der Waals surface area (Å²) in [5, 5.41) is 8.53. The molecule has 82 valence electrons. The minimum Gasteiger partial charge on any atom is -0.480 e. The number of hydrogen-bond acceptors (Lipinski definition) is 3. The van der Waals surface area contributed by atoms with Crippen molar-refractivity contribution in [3.8, 4) is 12.3 Å². The fourth-order valence-electron chi connectivity index (χ4n) is 1.46. The Morgan fingerprint density at radius 2 is 2.33 bits per heavy atom. The van der Waals surface area contributed by atoms with E-state index in [1.807, 2.05) is 0 Å². The number of thioether (sulfide) groups is 1. The highest BCUT2D eigenvalue weighted by molar-refractivity contribution is 8.00. The fraction of sp³-hybridized carbons (Fsp3) is 0.600. The normalized spacial score (nSPS) is 19.5. The highest BCUT2D eigenvalue weighted by atomic mass is 32.2. The molecule has 0 aliphatic carbocycles. The third-order valence-electron chi connectivity index (χ3n) is 2.13. The average molecular weight is 227 g/mol. The van der Waals surface area contributed by atoms with Crippen LogP contribution in [0.2, 0.25) is 0 Å². The van der Waals surface area contributed by atoms with Gasteiger partial charge in [-0.3, -0.25) is 9.59 Å². The molecule has 1 N–H and O–H groups in total. The van der Waals surface area contributed by atoms with E-state index in [9.17, 15) is 9.59 Å². The van der Waals surface area contributed by atoms with Gasteiger partial charge in [0.15, 0.2) is 0 Å². The summed E-state index contributed by atoms with van der Waals surface area (Å²) >= 11 is 1.58. The van der Waals surface area contributed by atoms with Gasteiger partial charge in [-0.2, -0.15) is 0 Å². The van der Waals surface area contributed by atoms with Crippen molar-refractivity contribution in [1.82, 2.24) is 4.90 Å². The molecule has 1 amide bonds. The van der Waals surface area contributed by atoms with Crippen LogP contribution in [0.5, 0.6) is 0 Å². The van der Waals surface area contributed by atoms with E-state index in [-0.39, 0.29) is 24.2 Å². The van der Waals surface area contributed by atoms with E-state index in [2.05, 4.69) is 5.92 Å². The molecule has 0 aromatic carbocycles. The maximum Gasteiger partial charge on any atom is 0.323 e. The predicted molar refractivity (Wildman–Crippen MR) is 58.5 cm³/mol. The lowest BCUT2D eigenvalue weighted by Gasteiger charge is -2.21. The first kappa shape index (κ1) is 11.9. The highest BCUT2D eigenvalue weighted by Gasteiger charge is 2.28. The van der Waals surface area contributed by atoms with Crippen molar-refractivity contribution in [2.24, 2.45) is 0 Å². The van der Waals surface area contributed by atoms with Gasteiger partial charge < -0.3 is 10.0 Å². The zero-order valence-corrected chi connectivity index (χ0v) is 9.13. The summed E-state index contributed by atoms with van der Waals surface area (Å²) in [5.74, 6) is 2.11. The smallest absolute Gasteiger partial charge is 0.323 e. The van der Waals surface area contributed by atoms with Crippen LogP contribution in [-0.4, -0.2) is 46.0 Å². The van der Waals surface area contributed by atoms with Crippen LogP contribution in [0.1, 0.15) is 12.8 Å². The van der Waals surface area contributed by atoms with Crippen LogP contribution >= 0.6 is 11.8 Å². The summed E-state index contributed by atoms with van der Waals surface area (Å²) in [6.07, 6.45) is 6.93. The fourth-order valence-corrected chi connectivity index (χ4v) is 2.70. The van der Waals surface area contributed by atoms with Crippen LogP contribution in [0.4, 0.5) is 0 Å². The van der Waals surface area contributed by atoms with E-state index in [0.717, 1.165) is 18.6 Å². The number of terminal acetylenes is 1. The molecule has 0 aromatic heterocycles. The van der Waals surface area contributed by atoms with Crippen molar-refractivity contribution in [2.75, 3.05) is 18.8 Å². The predicted octanol–water partition coefficient (Wildman–Crippen LogP) is 0.428. The Morgan fingerprint density at radius 3 is 2.80 bits per heavy atom. The van der Waals surface area contributed by atoms with Crippen molar-refractivity contribution in [3.05, 3.63) is 0 Å². The Morgan fingerprint density at radius 1 is 1.60 bits per heavy atom. The molecule has 1 fully saturated rings. The van der Waals surface area contributed by atoms with Crippen LogP contribution < -0.4 is 0 Å². The van der Waals surface area contributed by atoms with E-state index in [1.54, 1.807) is 11.8 Å². The van der Waals surface area contributed by atoms with E-state index >= 15 is 0 Å². The quantitative estimate of drug-likeness (QED) is 0.708. The Bertz CT molecular complexity index is 292. The Kier molecular flexibility index (Phi) is 4.50. The number of carboxylic acids is 1. The lowest BCUT2D eigenvalue weighted by molar-refractivity contribution is -0.143. The number of carboxylic acid groups (broad SMARTS) is 1. The van der Waals surface area contributed by atoms with Crippen molar-refractivity contribution >= 4 is 23.6 Å². The summed E-state index contributed by atoms with van der Waals surface area (Å²) in [6, 6.07) is 0. The van der Waals surface area contributed by atoms with E-state index < -0.39 is 5.97 Å². The van der Waals surface area contributed by atoms with Crippen LogP contribution in [-0.2, 0) is 9.59 Å². The lowest BCUT2D eigenvalue weighted by atomic mass is 10.2. The van der Waals surface area contributed by atoms with Gasteiger partial charge in [-0.05, 0) is 18.6 Å². The minimum absolute atomic E-state index is 0.0716. The third kappa shape index (κ3) is 3.48. The van der Waals surface area contributed by atoms with Gasteiger partial charge in [0.1, 0.15) is 6.54 Å². The Hall–Kier alpha value is -1.15. The number of nitrogens with zero attached hydrogens (tertiary/aromatic N) is 1. The van der Waals surface area contributed by atoms with E-state index in [1.165, 1.54) is 4.90 Å². The largest absolute Gasteiger partial charge is 0.480 e. The van der Waals surface area contributed by atoms with Gasteiger partial charge in [-0.15, -0.1) is 18.2 Å². The van der Waals surface area contributed by atoms with Gasteiger partial charge in [-0.1, -0.05) is 5.92 Å². The summed E-state index contributed by atoms with van der Waals surface area (Å²) < 4.78 is 0. The maximum atomic E-state index is 11.8. The second-order valence-corrected chi connectivity index (χ2v) is 4.60. The molecule has 1 aliphatic rings. The van der Waals surface area contributed by atoms with Gasteiger partial charge in [0.05, 0.1) is 11.8 Å². The second kappa shape index (κ2) is 5.66. The summed E-state index contributed by atoms with van der Waals surface area (Å²) in [4.78, 5) is 23.6. The average Bonchev–Trinajstić information content (AvgIpc) is 2.68.